The first kappa shape index (κ1) is 18.4. The number of hydrogen-bond donors (Lipinski definition) is 2. The quantitative estimate of drug-likeness (QED) is 0.828. The summed E-state index contributed by atoms with van der Waals surface area (Å²) >= 11 is 0. The Morgan fingerprint density at radius 3 is 2.50 bits per heavy atom. The number of nitrogens with zero attached hydrogens (tertiary/aromatic N) is 1. The second-order valence-corrected chi connectivity index (χ2v) is 6.92. The first-order valence-corrected chi connectivity index (χ1v) is 8.23. The molecule has 2 amide bonds. The molecule has 1 saturated carbocycles. The number of likely N-dealkylation sites (N-methyl/N-ethyl adjacent to an activating group) is 1. The van der Waals surface area contributed by atoms with Crippen molar-refractivity contribution in [1.29, 1.82) is 0 Å². The minimum absolute atomic E-state index is 0.0389. The van der Waals surface area contributed by atoms with E-state index in [0.29, 0.717) is 18.7 Å². The van der Waals surface area contributed by atoms with Crippen LogP contribution in [0.5, 0.6) is 0 Å². The number of nitrogens with two attached hydrogens (primary N) is 1. The van der Waals surface area contributed by atoms with Crippen molar-refractivity contribution >= 4 is 17.5 Å². The highest BCUT2D eigenvalue weighted by Gasteiger charge is 2.63. The summed E-state index contributed by atoms with van der Waals surface area (Å²) in [6.45, 7) is 6.35. The predicted octanol–water partition coefficient (Wildman–Crippen LogP) is 1.62. The molecule has 0 radical (unpaired) electrons. The highest BCUT2D eigenvalue weighted by molar-refractivity contribution is 5.96. The molecule has 1 aromatic carbocycles. The van der Waals surface area contributed by atoms with Gasteiger partial charge < -0.3 is 20.7 Å². The third-order valence-electron chi connectivity index (χ3n) is 5.00. The molecule has 1 aliphatic rings. The molecule has 6 nitrogen and oxygen atoms in total. The van der Waals surface area contributed by atoms with Gasteiger partial charge in [0.25, 0.3) is 0 Å². The standard InChI is InChI=1S/C18H27N3O3/c1-5-24-14-11-18(19,17(14,2)3)16(23)21(4)12-15(22)20-13-9-7-6-8-10-13/h6-10,14H,5,11-12,19H2,1-4H3,(H,20,22). The van der Waals surface area contributed by atoms with E-state index in [2.05, 4.69) is 5.32 Å². The highest BCUT2D eigenvalue weighted by atomic mass is 16.5. The molecule has 0 saturated heterocycles. The summed E-state index contributed by atoms with van der Waals surface area (Å²) in [7, 11) is 1.60. The Kier molecular flexibility index (Phi) is 5.30. The van der Waals surface area contributed by atoms with E-state index in [1.54, 1.807) is 19.2 Å². The number of nitrogens with one attached hydrogen (secondary N) is 1. The maximum atomic E-state index is 12.8. The van der Waals surface area contributed by atoms with Crippen LogP contribution in [0.15, 0.2) is 30.3 Å². The Bertz CT molecular complexity index is 603. The van der Waals surface area contributed by atoms with E-state index in [0.717, 1.165) is 0 Å². The van der Waals surface area contributed by atoms with Crippen LogP contribution in [0, 0.1) is 5.41 Å². The van der Waals surface area contributed by atoms with Crippen molar-refractivity contribution in [2.45, 2.75) is 38.8 Å². The number of ether oxygens (including phenoxy) is 1. The number of para-hydroxylation sites is 1. The van der Waals surface area contributed by atoms with E-state index in [9.17, 15) is 9.59 Å². The molecule has 0 spiro atoms. The van der Waals surface area contributed by atoms with Crippen LogP contribution >= 0.6 is 0 Å². The first-order chi connectivity index (χ1) is 11.2. The molecule has 2 rings (SSSR count). The largest absolute Gasteiger partial charge is 0.378 e. The van der Waals surface area contributed by atoms with Gasteiger partial charge in [-0.15, -0.1) is 0 Å². The van der Waals surface area contributed by atoms with Crippen molar-refractivity contribution in [2.24, 2.45) is 11.1 Å². The maximum absolute atomic E-state index is 12.8. The number of rotatable bonds is 6. The van der Waals surface area contributed by atoms with Crippen molar-refractivity contribution in [2.75, 3.05) is 25.5 Å². The van der Waals surface area contributed by atoms with Crippen LogP contribution < -0.4 is 11.1 Å². The average molecular weight is 333 g/mol. The van der Waals surface area contributed by atoms with Gasteiger partial charge >= 0.3 is 0 Å². The topological polar surface area (TPSA) is 84.7 Å². The van der Waals surface area contributed by atoms with Gasteiger partial charge in [0, 0.05) is 31.2 Å². The maximum Gasteiger partial charge on any atom is 0.243 e. The number of anilines is 1. The molecular formula is C18H27N3O3. The Morgan fingerprint density at radius 1 is 1.33 bits per heavy atom. The van der Waals surface area contributed by atoms with Crippen molar-refractivity contribution in [3.8, 4) is 0 Å². The summed E-state index contributed by atoms with van der Waals surface area (Å²) < 4.78 is 5.65. The molecule has 3 N–H and O–H groups in total. The molecule has 2 unspecified atom stereocenters. The van der Waals surface area contributed by atoms with Gasteiger partial charge in [0.2, 0.25) is 11.8 Å². The molecule has 0 aromatic heterocycles. The molecule has 0 bridgehead atoms. The Labute approximate surface area is 143 Å². The Hall–Kier alpha value is -1.92. The summed E-state index contributed by atoms with van der Waals surface area (Å²) in [6.07, 6.45) is 0.431. The van der Waals surface area contributed by atoms with Gasteiger partial charge in [-0.3, -0.25) is 9.59 Å². The number of carbonyl (C=O) groups is 2. The lowest BCUT2D eigenvalue weighted by atomic mass is 9.54. The van der Waals surface area contributed by atoms with Gasteiger partial charge in [-0.05, 0) is 19.1 Å². The molecule has 1 aromatic rings. The van der Waals surface area contributed by atoms with Gasteiger partial charge in [-0.1, -0.05) is 32.0 Å². The van der Waals surface area contributed by atoms with E-state index in [1.165, 1.54) is 4.90 Å². The SMILES string of the molecule is CCOC1CC(N)(C(=O)N(C)CC(=O)Nc2ccccc2)C1(C)C. The lowest BCUT2D eigenvalue weighted by Gasteiger charge is -2.58. The zero-order valence-electron chi connectivity index (χ0n) is 14.8. The molecule has 6 heteroatoms. The molecule has 24 heavy (non-hydrogen) atoms. The molecule has 0 aliphatic heterocycles. The number of benzene rings is 1. The summed E-state index contributed by atoms with van der Waals surface area (Å²) in [5.41, 5.74) is 5.60. The fraction of sp³-hybridized carbons (Fsp3) is 0.556. The van der Waals surface area contributed by atoms with Crippen molar-refractivity contribution in [3.63, 3.8) is 0 Å². The van der Waals surface area contributed by atoms with Gasteiger partial charge in [-0.2, -0.15) is 0 Å². The number of amides is 2. The van der Waals surface area contributed by atoms with E-state index in [1.807, 2.05) is 39.0 Å². The molecule has 0 heterocycles. The van der Waals surface area contributed by atoms with Gasteiger partial charge in [0.1, 0.15) is 5.54 Å². The summed E-state index contributed by atoms with van der Waals surface area (Å²) in [6, 6.07) is 9.14. The fourth-order valence-corrected chi connectivity index (χ4v) is 3.15. The highest BCUT2D eigenvalue weighted by Crippen LogP contribution is 2.50. The second-order valence-electron chi connectivity index (χ2n) is 6.92. The van der Waals surface area contributed by atoms with Crippen molar-refractivity contribution < 1.29 is 14.3 Å². The predicted molar refractivity (Wildman–Crippen MR) is 93.4 cm³/mol. The normalized spacial score (nSPS) is 24.8. The molecule has 2 atom stereocenters. The second kappa shape index (κ2) is 6.91. The zero-order valence-corrected chi connectivity index (χ0v) is 14.8. The van der Waals surface area contributed by atoms with E-state index < -0.39 is 11.0 Å². The summed E-state index contributed by atoms with van der Waals surface area (Å²) in [5.74, 6) is -0.481. The lowest BCUT2D eigenvalue weighted by molar-refractivity contribution is -0.178. The number of carbonyl (C=O) groups excluding carboxylic acids is 2. The lowest BCUT2D eigenvalue weighted by Crippen LogP contribution is -2.76. The minimum atomic E-state index is -1.01. The van der Waals surface area contributed by atoms with Crippen LogP contribution in [0.1, 0.15) is 27.2 Å². The third-order valence-corrected chi connectivity index (χ3v) is 5.00. The van der Waals surface area contributed by atoms with E-state index in [-0.39, 0.29) is 24.5 Å². The molecular weight excluding hydrogens is 306 g/mol. The average Bonchev–Trinajstić information content (AvgIpc) is 2.54. The molecule has 1 aliphatic carbocycles. The van der Waals surface area contributed by atoms with Crippen LogP contribution in [0.3, 0.4) is 0 Å². The van der Waals surface area contributed by atoms with Gasteiger partial charge in [-0.25, -0.2) is 0 Å². The van der Waals surface area contributed by atoms with Crippen LogP contribution in [0.2, 0.25) is 0 Å². The van der Waals surface area contributed by atoms with Crippen LogP contribution in [0.4, 0.5) is 5.69 Å². The Morgan fingerprint density at radius 2 is 1.96 bits per heavy atom. The van der Waals surface area contributed by atoms with E-state index in [4.69, 9.17) is 10.5 Å². The summed E-state index contributed by atoms with van der Waals surface area (Å²) in [4.78, 5) is 26.3. The smallest absolute Gasteiger partial charge is 0.243 e. The van der Waals surface area contributed by atoms with Crippen molar-refractivity contribution in [3.05, 3.63) is 30.3 Å². The third kappa shape index (κ3) is 3.30. The van der Waals surface area contributed by atoms with Crippen molar-refractivity contribution in [1.82, 2.24) is 4.90 Å². The molecule has 1 fully saturated rings. The monoisotopic (exact) mass is 333 g/mol. The Balaban J connectivity index is 1.96. The fourth-order valence-electron chi connectivity index (χ4n) is 3.15. The molecule has 132 valence electrons. The van der Waals surface area contributed by atoms with Crippen LogP contribution in [-0.4, -0.2) is 48.6 Å². The zero-order chi connectivity index (χ0) is 18.0. The minimum Gasteiger partial charge on any atom is -0.378 e. The first-order valence-electron chi connectivity index (χ1n) is 8.23. The van der Waals surface area contributed by atoms with E-state index >= 15 is 0 Å². The van der Waals surface area contributed by atoms with Gasteiger partial charge in [0.05, 0.1) is 12.6 Å². The number of hydrogen-bond acceptors (Lipinski definition) is 4. The summed E-state index contributed by atoms with van der Waals surface area (Å²) in [5, 5.41) is 2.77. The van der Waals surface area contributed by atoms with Crippen LogP contribution in [0.25, 0.3) is 0 Å². The van der Waals surface area contributed by atoms with Crippen LogP contribution in [-0.2, 0) is 14.3 Å². The van der Waals surface area contributed by atoms with Gasteiger partial charge in [0.15, 0.2) is 0 Å².